The first-order valence-corrected chi connectivity index (χ1v) is 11.0. The molecule has 1 saturated carbocycles. The van der Waals surface area contributed by atoms with Crippen LogP contribution in [0.3, 0.4) is 0 Å². The maximum Gasteiger partial charge on any atom is 0.230 e. The average molecular weight is 427 g/mol. The molecule has 0 unspecified atom stereocenters. The van der Waals surface area contributed by atoms with E-state index >= 15 is 0 Å². The minimum Gasteiger partial charge on any atom is -0.352 e. The third-order valence-electron chi connectivity index (χ3n) is 5.00. The topological polar surface area (TPSA) is 59.8 Å². The quantitative estimate of drug-likeness (QED) is 0.655. The zero-order valence-corrected chi connectivity index (χ0v) is 17.9. The Labute approximate surface area is 174 Å². The van der Waals surface area contributed by atoms with Gasteiger partial charge in [0.2, 0.25) is 5.91 Å². The number of benzene rings is 1. The SMILES string of the molecule is CCn1c(SCC(=O)N[C@H]2CCCC[C@H]2C)nnc1-c1ccc(Cl)cc1Cl. The third kappa shape index (κ3) is 4.98. The summed E-state index contributed by atoms with van der Waals surface area (Å²) in [6, 6.07) is 5.60. The Morgan fingerprint density at radius 3 is 2.78 bits per heavy atom. The summed E-state index contributed by atoms with van der Waals surface area (Å²) < 4.78 is 1.97. The lowest BCUT2D eigenvalue weighted by Gasteiger charge is -2.29. The Bertz CT molecular complexity index is 811. The molecule has 8 heteroatoms. The number of rotatable bonds is 6. The van der Waals surface area contributed by atoms with Crippen molar-refractivity contribution in [1.29, 1.82) is 0 Å². The van der Waals surface area contributed by atoms with Gasteiger partial charge in [0, 0.05) is 23.2 Å². The van der Waals surface area contributed by atoms with Gasteiger partial charge in [0.1, 0.15) is 0 Å². The Kier molecular flexibility index (Phi) is 7.06. The summed E-state index contributed by atoms with van der Waals surface area (Å²) >= 11 is 13.7. The first kappa shape index (κ1) is 20.5. The number of hydrogen-bond donors (Lipinski definition) is 1. The van der Waals surface area contributed by atoms with Gasteiger partial charge in [0.25, 0.3) is 0 Å². The van der Waals surface area contributed by atoms with Crippen molar-refractivity contribution in [3.05, 3.63) is 28.2 Å². The van der Waals surface area contributed by atoms with Crippen LogP contribution >= 0.6 is 35.0 Å². The summed E-state index contributed by atoms with van der Waals surface area (Å²) in [6.45, 7) is 4.92. The van der Waals surface area contributed by atoms with Gasteiger partial charge in [-0.25, -0.2) is 0 Å². The molecule has 146 valence electrons. The molecule has 0 bridgehead atoms. The monoisotopic (exact) mass is 426 g/mol. The van der Waals surface area contributed by atoms with Crippen LogP contribution in [0, 0.1) is 5.92 Å². The molecule has 1 aliphatic rings. The molecule has 27 heavy (non-hydrogen) atoms. The Hall–Kier alpha value is -1.24. The Morgan fingerprint density at radius 2 is 2.07 bits per heavy atom. The van der Waals surface area contributed by atoms with E-state index in [0.717, 1.165) is 12.0 Å². The molecular weight excluding hydrogens is 403 g/mol. The second kappa shape index (κ2) is 9.30. The number of carbonyl (C=O) groups is 1. The van der Waals surface area contributed by atoms with Gasteiger partial charge in [-0.15, -0.1) is 10.2 Å². The molecule has 1 N–H and O–H groups in total. The van der Waals surface area contributed by atoms with Crippen LogP contribution in [0.5, 0.6) is 0 Å². The Morgan fingerprint density at radius 1 is 1.30 bits per heavy atom. The van der Waals surface area contributed by atoms with Gasteiger partial charge in [-0.05, 0) is 43.9 Å². The van der Waals surface area contributed by atoms with Crippen molar-refractivity contribution in [2.75, 3.05) is 5.75 Å². The lowest BCUT2D eigenvalue weighted by atomic mass is 9.86. The maximum atomic E-state index is 12.4. The lowest BCUT2D eigenvalue weighted by Crippen LogP contribution is -2.41. The van der Waals surface area contributed by atoms with Crippen LogP contribution in [0.2, 0.25) is 10.0 Å². The summed E-state index contributed by atoms with van der Waals surface area (Å²) in [4.78, 5) is 12.4. The van der Waals surface area contributed by atoms with Gasteiger partial charge in [-0.1, -0.05) is 54.7 Å². The van der Waals surface area contributed by atoms with Crippen molar-refractivity contribution >= 4 is 40.9 Å². The predicted molar refractivity (Wildman–Crippen MR) is 111 cm³/mol. The largest absolute Gasteiger partial charge is 0.352 e. The number of nitrogens with one attached hydrogen (secondary N) is 1. The van der Waals surface area contributed by atoms with E-state index in [1.807, 2.05) is 17.6 Å². The van der Waals surface area contributed by atoms with Crippen LogP contribution < -0.4 is 5.32 Å². The van der Waals surface area contributed by atoms with Gasteiger partial charge < -0.3 is 9.88 Å². The van der Waals surface area contributed by atoms with E-state index in [1.165, 1.54) is 31.0 Å². The van der Waals surface area contributed by atoms with Gasteiger partial charge in [-0.2, -0.15) is 0 Å². The minimum absolute atomic E-state index is 0.0514. The first-order valence-electron chi connectivity index (χ1n) is 9.30. The highest BCUT2D eigenvalue weighted by Gasteiger charge is 2.23. The minimum atomic E-state index is 0.0514. The molecule has 2 atom stereocenters. The fraction of sp³-hybridized carbons (Fsp3) is 0.526. The highest BCUT2D eigenvalue weighted by Crippen LogP contribution is 2.31. The molecule has 2 aromatic rings. The molecule has 3 rings (SSSR count). The third-order valence-corrected chi connectivity index (χ3v) is 6.51. The van der Waals surface area contributed by atoms with E-state index in [0.29, 0.717) is 45.3 Å². The van der Waals surface area contributed by atoms with Gasteiger partial charge in [-0.3, -0.25) is 4.79 Å². The zero-order valence-electron chi connectivity index (χ0n) is 15.5. The molecule has 1 aromatic carbocycles. The van der Waals surface area contributed by atoms with Gasteiger partial charge in [0.15, 0.2) is 11.0 Å². The van der Waals surface area contributed by atoms with Crippen molar-refractivity contribution in [2.24, 2.45) is 5.92 Å². The van der Waals surface area contributed by atoms with Crippen LogP contribution in [0.4, 0.5) is 0 Å². The molecule has 1 heterocycles. The fourth-order valence-electron chi connectivity index (χ4n) is 3.46. The number of halogens is 2. The molecule has 1 aliphatic carbocycles. The molecule has 1 fully saturated rings. The van der Waals surface area contributed by atoms with E-state index in [1.54, 1.807) is 12.1 Å². The molecule has 0 aliphatic heterocycles. The van der Waals surface area contributed by atoms with Crippen LogP contribution in [0.1, 0.15) is 39.5 Å². The number of hydrogen-bond acceptors (Lipinski definition) is 4. The summed E-state index contributed by atoms with van der Waals surface area (Å²) in [5.41, 5.74) is 0.780. The normalized spacial score (nSPS) is 19.9. The smallest absolute Gasteiger partial charge is 0.230 e. The number of aromatic nitrogens is 3. The van der Waals surface area contributed by atoms with Gasteiger partial charge in [0.05, 0.1) is 10.8 Å². The number of nitrogens with zero attached hydrogens (tertiary/aromatic N) is 3. The highest BCUT2D eigenvalue weighted by molar-refractivity contribution is 7.99. The molecule has 0 saturated heterocycles. The summed E-state index contributed by atoms with van der Waals surface area (Å²) in [5, 5.41) is 13.6. The molecule has 5 nitrogen and oxygen atoms in total. The number of carbonyl (C=O) groups excluding carboxylic acids is 1. The van der Waals surface area contributed by atoms with Crippen LogP contribution in [0.25, 0.3) is 11.4 Å². The predicted octanol–water partition coefficient (Wildman–Crippen LogP) is 5.06. The molecule has 0 radical (unpaired) electrons. The average Bonchev–Trinajstić information content (AvgIpc) is 3.04. The fourth-order valence-corrected chi connectivity index (χ4v) is 4.77. The van der Waals surface area contributed by atoms with Crippen molar-refractivity contribution in [3.8, 4) is 11.4 Å². The van der Waals surface area contributed by atoms with E-state index < -0.39 is 0 Å². The second-order valence-corrected chi connectivity index (χ2v) is 8.69. The van der Waals surface area contributed by atoms with E-state index in [-0.39, 0.29) is 5.91 Å². The van der Waals surface area contributed by atoms with Crippen LogP contribution in [0.15, 0.2) is 23.4 Å². The zero-order chi connectivity index (χ0) is 19.4. The maximum absolute atomic E-state index is 12.4. The van der Waals surface area contributed by atoms with Crippen molar-refractivity contribution < 1.29 is 4.79 Å². The molecular formula is C19H24Cl2N4OS. The molecule has 1 amide bonds. The van der Waals surface area contributed by atoms with Crippen LogP contribution in [-0.4, -0.2) is 32.5 Å². The van der Waals surface area contributed by atoms with E-state index in [4.69, 9.17) is 23.2 Å². The summed E-state index contributed by atoms with van der Waals surface area (Å²) in [6.07, 6.45) is 4.71. The number of thioether (sulfide) groups is 1. The van der Waals surface area contributed by atoms with Crippen LogP contribution in [-0.2, 0) is 11.3 Å². The van der Waals surface area contributed by atoms with E-state index in [9.17, 15) is 4.79 Å². The summed E-state index contributed by atoms with van der Waals surface area (Å²) in [7, 11) is 0. The Balaban J connectivity index is 1.67. The standard InChI is InChI=1S/C19H24Cl2N4OS/c1-3-25-18(14-9-8-13(20)10-15(14)21)23-24-19(25)27-11-17(26)22-16-7-5-4-6-12(16)2/h8-10,12,16H,3-7,11H2,1-2H3,(H,22,26)/t12-,16+/m1/s1. The first-order chi connectivity index (χ1) is 13.0. The number of amides is 1. The molecule has 0 spiro atoms. The highest BCUT2D eigenvalue weighted by atomic mass is 35.5. The van der Waals surface area contributed by atoms with Crippen molar-refractivity contribution in [1.82, 2.24) is 20.1 Å². The second-order valence-electron chi connectivity index (χ2n) is 6.90. The van der Waals surface area contributed by atoms with E-state index in [2.05, 4.69) is 22.4 Å². The van der Waals surface area contributed by atoms with Crippen molar-refractivity contribution in [3.63, 3.8) is 0 Å². The van der Waals surface area contributed by atoms with Crippen molar-refractivity contribution in [2.45, 2.75) is 57.3 Å². The summed E-state index contributed by atoms with van der Waals surface area (Å²) in [5.74, 6) is 1.61. The lowest BCUT2D eigenvalue weighted by molar-refractivity contribution is -0.119. The van der Waals surface area contributed by atoms with Gasteiger partial charge >= 0.3 is 0 Å². The molecule has 1 aromatic heterocycles.